The molecule has 2 fully saturated rings. The van der Waals surface area contributed by atoms with E-state index < -0.39 is 68.7 Å². The maximum Gasteiger partial charge on any atom is 0.511 e. The Kier molecular flexibility index (Phi) is 9.02. The van der Waals surface area contributed by atoms with E-state index in [2.05, 4.69) is 16.0 Å². The fourth-order valence-electron chi connectivity index (χ4n) is 7.09. The second-order valence-electron chi connectivity index (χ2n) is 13.2. The lowest BCUT2D eigenvalue weighted by atomic mass is 9.62. The minimum absolute atomic E-state index is 0.0673. The Balaban J connectivity index is 1.50. The number of anilines is 1. The molecule has 0 bridgehead atoms. The minimum Gasteiger partial charge on any atom is -0.352 e. The van der Waals surface area contributed by atoms with Crippen molar-refractivity contribution < 1.29 is 35.6 Å². The second-order valence-corrected chi connectivity index (χ2v) is 15.8. The van der Waals surface area contributed by atoms with Crippen LogP contribution in [-0.4, -0.2) is 49.9 Å². The van der Waals surface area contributed by atoms with E-state index in [0.717, 1.165) is 0 Å². The first-order chi connectivity index (χ1) is 20.8. The van der Waals surface area contributed by atoms with Crippen molar-refractivity contribution in [2.24, 2.45) is 5.41 Å². The van der Waals surface area contributed by atoms with Crippen molar-refractivity contribution in [2.45, 2.75) is 93.9 Å². The molecular formula is C30H34Cl2F4N4O4S. The lowest BCUT2D eigenvalue weighted by Crippen LogP contribution is -2.51. The van der Waals surface area contributed by atoms with Gasteiger partial charge in [-0.25, -0.2) is 17.5 Å². The van der Waals surface area contributed by atoms with Crippen LogP contribution in [0.25, 0.3) is 0 Å². The summed E-state index contributed by atoms with van der Waals surface area (Å²) < 4.78 is 79.3. The van der Waals surface area contributed by atoms with Gasteiger partial charge in [-0.05, 0) is 66.8 Å². The summed E-state index contributed by atoms with van der Waals surface area (Å²) in [5, 5.41) is 9.44. The molecule has 45 heavy (non-hydrogen) atoms. The van der Waals surface area contributed by atoms with Crippen LogP contribution >= 0.6 is 23.2 Å². The Labute approximate surface area is 269 Å². The van der Waals surface area contributed by atoms with Crippen molar-refractivity contribution in [3.63, 3.8) is 0 Å². The van der Waals surface area contributed by atoms with Crippen LogP contribution in [-0.2, 0) is 25.0 Å². The van der Waals surface area contributed by atoms with Crippen LogP contribution in [0, 0.1) is 11.2 Å². The average molecular weight is 694 g/mol. The summed E-state index contributed by atoms with van der Waals surface area (Å²) in [5.41, 5.74) is -6.08. The van der Waals surface area contributed by atoms with Gasteiger partial charge in [0.25, 0.3) is 0 Å². The van der Waals surface area contributed by atoms with Crippen LogP contribution < -0.4 is 20.7 Å². The fraction of sp³-hybridized carbons (Fsp3) is 0.533. The highest BCUT2D eigenvalue weighted by Crippen LogP contribution is 2.57. The Morgan fingerprint density at radius 1 is 1.04 bits per heavy atom. The summed E-state index contributed by atoms with van der Waals surface area (Å²) in [6.45, 7) is 5.98. The topological polar surface area (TPSA) is 116 Å². The van der Waals surface area contributed by atoms with Crippen LogP contribution in [0.3, 0.4) is 0 Å². The second kappa shape index (κ2) is 12.0. The van der Waals surface area contributed by atoms with Crippen molar-refractivity contribution in [3.05, 3.63) is 63.4 Å². The first-order valence-electron chi connectivity index (χ1n) is 14.6. The number of benzene rings is 2. The van der Waals surface area contributed by atoms with E-state index >= 15 is 4.39 Å². The molecular weight excluding hydrogens is 659 g/mol. The molecule has 2 aliphatic heterocycles. The third-order valence-electron chi connectivity index (χ3n) is 8.92. The Bertz CT molecular complexity index is 1610. The molecule has 5 rings (SSSR count). The Morgan fingerprint density at radius 3 is 2.31 bits per heavy atom. The molecule has 0 radical (unpaired) electrons. The molecule has 1 spiro atoms. The molecule has 8 nitrogen and oxygen atoms in total. The number of nitrogens with one attached hydrogen (secondary N) is 4. The molecule has 3 aliphatic rings. The molecule has 246 valence electrons. The number of hydrogen-bond acceptors (Lipinski definition) is 5. The van der Waals surface area contributed by atoms with Crippen molar-refractivity contribution in [2.75, 3.05) is 5.32 Å². The van der Waals surface area contributed by atoms with Gasteiger partial charge in [-0.1, -0.05) is 62.2 Å². The van der Waals surface area contributed by atoms with Gasteiger partial charge in [0.1, 0.15) is 11.2 Å². The molecule has 0 unspecified atom stereocenters. The van der Waals surface area contributed by atoms with Crippen LogP contribution in [0.2, 0.25) is 10.0 Å². The molecule has 1 saturated heterocycles. The van der Waals surface area contributed by atoms with E-state index in [4.69, 9.17) is 23.2 Å². The highest BCUT2D eigenvalue weighted by molar-refractivity contribution is 7.90. The summed E-state index contributed by atoms with van der Waals surface area (Å²) in [6.07, 6.45) is 0.973. The van der Waals surface area contributed by atoms with Gasteiger partial charge in [-0.2, -0.15) is 13.2 Å². The molecule has 4 atom stereocenters. The zero-order chi connectivity index (χ0) is 33.1. The minimum atomic E-state index is -5.50. The summed E-state index contributed by atoms with van der Waals surface area (Å²) in [4.78, 5) is 28.3. The summed E-state index contributed by atoms with van der Waals surface area (Å²) in [6, 6.07) is 6.24. The van der Waals surface area contributed by atoms with E-state index in [-0.39, 0.29) is 41.7 Å². The quantitative estimate of drug-likeness (QED) is 0.288. The van der Waals surface area contributed by atoms with Gasteiger partial charge in [0.05, 0.1) is 11.1 Å². The van der Waals surface area contributed by atoms with Crippen LogP contribution in [0.15, 0.2) is 36.4 Å². The van der Waals surface area contributed by atoms with Gasteiger partial charge in [-0.15, -0.1) is 0 Å². The highest BCUT2D eigenvalue weighted by atomic mass is 35.5. The third-order valence-corrected chi connectivity index (χ3v) is 10.7. The predicted octanol–water partition coefficient (Wildman–Crippen LogP) is 5.75. The van der Waals surface area contributed by atoms with E-state index in [0.29, 0.717) is 22.7 Å². The first kappa shape index (κ1) is 33.9. The number of sulfonamides is 1. The fourth-order valence-corrected chi connectivity index (χ4v) is 8.25. The first-order valence-corrected chi connectivity index (χ1v) is 16.8. The number of fused-ring (bicyclic) bond motifs is 2. The van der Waals surface area contributed by atoms with Crippen LogP contribution in [0.5, 0.6) is 0 Å². The molecule has 2 aromatic rings. The number of rotatable bonds is 6. The predicted molar refractivity (Wildman–Crippen MR) is 163 cm³/mol. The lowest BCUT2D eigenvalue weighted by Gasteiger charge is -2.38. The van der Waals surface area contributed by atoms with E-state index in [1.54, 1.807) is 29.0 Å². The van der Waals surface area contributed by atoms with Crippen molar-refractivity contribution in [1.29, 1.82) is 0 Å². The lowest BCUT2D eigenvalue weighted by molar-refractivity contribution is -0.124. The number of carbonyl (C=O) groups is 2. The van der Waals surface area contributed by atoms with Gasteiger partial charge in [0.15, 0.2) is 0 Å². The van der Waals surface area contributed by atoms with Crippen molar-refractivity contribution >= 4 is 50.7 Å². The molecule has 1 saturated carbocycles. The van der Waals surface area contributed by atoms with Gasteiger partial charge < -0.3 is 16.0 Å². The molecule has 2 aromatic carbocycles. The Morgan fingerprint density at radius 2 is 1.69 bits per heavy atom. The van der Waals surface area contributed by atoms with Gasteiger partial charge >= 0.3 is 15.5 Å². The van der Waals surface area contributed by atoms with Crippen LogP contribution in [0.1, 0.15) is 69.9 Å². The van der Waals surface area contributed by atoms with E-state index in [1.807, 2.05) is 20.8 Å². The maximum absolute atomic E-state index is 15.9. The number of carbonyl (C=O) groups excluding carboxylic acids is 2. The third kappa shape index (κ3) is 6.30. The van der Waals surface area contributed by atoms with Crippen LogP contribution in [0.4, 0.5) is 23.2 Å². The number of hydrogen-bond donors (Lipinski definition) is 4. The molecule has 2 heterocycles. The average Bonchev–Trinajstić information content (AvgIpc) is 3.39. The smallest absolute Gasteiger partial charge is 0.352 e. The summed E-state index contributed by atoms with van der Waals surface area (Å²) >= 11 is 12.5. The zero-order valence-corrected chi connectivity index (χ0v) is 27.0. The summed E-state index contributed by atoms with van der Waals surface area (Å²) in [7, 11) is -5.50. The molecule has 2 amide bonds. The standard InChI is InChI=1S/C30H34Cl2F4N4O4S/c1-28(2,3)14-22-29(19-12-7-15(31)13-21(19)38-27(29)42)23(18-5-4-6-20(32)24(18)33)25(39-22)26(41)37-16-8-10-17(11-9-16)40-45(43,44)30(34,35)36/h4-7,12-13,16-17,22-23,25,39-40H,8-11,14H2,1-3H3,(H,37,41)(H,38,42)/t16-,17-,22-,23+,25-,29+/m1/s1. The SMILES string of the molecule is CC(C)(C)C[C@H]1N[C@@H](C(=O)N[C@H]2CC[C@H](NS(=O)(=O)C(F)(F)F)CC2)[C@H](c2cccc(Cl)c2F)[C@@]12C(=O)Nc1cc(Cl)ccc12. The van der Waals surface area contributed by atoms with Gasteiger partial charge in [0, 0.05) is 34.8 Å². The van der Waals surface area contributed by atoms with Gasteiger partial charge in [0.2, 0.25) is 11.8 Å². The Hall–Kier alpha value is -2.45. The van der Waals surface area contributed by atoms with Gasteiger partial charge in [-0.3, -0.25) is 9.59 Å². The van der Waals surface area contributed by atoms with Crippen molar-refractivity contribution in [1.82, 2.24) is 15.4 Å². The molecule has 4 N–H and O–H groups in total. The molecule has 15 heteroatoms. The normalized spacial score (nSPS) is 28.6. The van der Waals surface area contributed by atoms with Crippen molar-refractivity contribution in [3.8, 4) is 0 Å². The summed E-state index contributed by atoms with van der Waals surface area (Å²) in [5.74, 6) is -2.75. The van der Waals surface area contributed by atoms with E-state index in [9.17, 15) is 31.2 Å². The number of halogens is 6. The molecule has 0 aromatic heterocycles. The monoisotopic (exact) mass is 692 g/mol. The molecule has 1 aliphatic carbocycles. The number of amides is 2. The highest BCUT2D eigenvalue weighted by Gasteiger charge is 2.66. The maximum atomic E-state index is 15.9. The zero-order valence-electron chi connectivity index (χ0n) is 24.7. The van der Waals surface area contributed by atoms with E-state index in [1.165, 1.54) is 12.1 Å². The number of alkyl halides is 3. The largest absolute Gasteiger partial charge is 0.511 e.